The number of amides is 1. The van der Waals surface area contributed by atoms with Gasteiger partial charge in [-0.2, -0.15) is 0 Å². The Kier molecular flexibility index (Phi) is 7.83. The van der Waals surface area contributed by atoms with Crippen LogP contribution < -0.4 is 11.1 Å². The van der Waals surface area contributed by atoms with Crippen LogP contribution in [-0.2, 0) is 13.1 Å². The molecule has 0 bridgehead atoms. The molecule has 2 aromatic rings. The topological polar surface area (TPSA) is 84.4 Å². The van der Waals surface area contributed by atoms with E-state index in [-0.39, 0.29) is 18.3 Å². The van der Waals surface area contributed by atoms with Gasteiger partial charge in [0.1, 0.15) is 5.76 Å². The van der Waals surface area contributed by atoms with Crippen LogP contribution in [0.5, 0.6) is 0 Å². The lowest BCUT2D eigenvalue weighted by atomic mass is 9.96. The lowest BCUT2D eigenvalue weighted by Gasteiger charge is -2.31. The van der Waals surface area contributed by atoms with Gasteiger partial charge in [0.15, 0.2) is 0 Å². The number of carbonyl (C=O) groups excluding carboxylic acids is 1. The number of oxazole rings is 1. The van der Waals surface area contributed by atoms with Gasteiger partial charge in [0, 0.05) is 18.7 Å². The molecule has 1 aliphatic rings. The van der Waals surface area contributed by atoms with E-state index < -0.39 is 0 Å². The van der Waals surface area contributed by atoms with Gasteiger partial charge < -0.3 is 15.5 Å². The number of aromatic nitrogens is 1. The summed E-state index contributed by atoms with van der Waals surface area (Å²) >= 11 is 0. The second-order valence-corrected chi connectivity index (χ2v) is 7.08. The summed E-state index contributed by atoms with van der Waals surface area (Å²) in [6.07, 6.45) is 2.15. The number of aryl methyl sites for hydroxylation is 2. The van der Waals surface area contributed by atoms with Crippen LogP contribution in [0.15, 0.2) is 28.7 Å². The minimum atomic E-state index is -0.0123. The van der Waals surface area contributed by atoms with Crippen LogP contribution >= 0.6 is 12.4 Å². The highest BCUT2D eigenvalue weighted by Gasteiger charge is 2.21. The summed E-state index contributed by atoms with van der Waals surface area (Å²) in [5.41, 5.74) is 8.28. The van der Waals surface area contributed by atoms with Crippen molar-refractivity contribution in [3.63, 3.8) is 0 Å². The van der Waals surface area contributed by atoms with Crippen molar-refractivity contribution in [2.45, 2.75) is 39.8 Å². The van der Waals surface area contributed by atoms with E-state index in [9.17, 15) is 4.79 Å². The molecule has 1 aromatic carbocycles. The van der Waals surface area contributed by atoms with E-state index in [0.717, 1.165) is 61.9 Å². The number of nitrogens with one attached hydrogen (secondary N) is 1. The summed E-state index contributed by atoms with van der Waals surface area (Å²) in [6.45, 7) is 7.92. The molecule has 3 rings (SSSR count). The molecule has 6 nitrogen and oxygen atoms in total. The molecule has 1 saturated heterocycles. The lowest BCUT2D eigenvalue weighted by Crippen LogP contribution is -2.38. The Balaban J connectivity index is 0.00000261. The first kappa shape index (κ1) is 21.4. The molecule has 148 valence electrons. The van der Waals surface area contributed by atoms with Gasteiger partial charge in [-0.3, -0.25) is 9.69 Å². The van der Waals surface area contributed by atoms with Crippen LogP contribution in [0.3, 0.4) is 0 Å². The minimum absolute atomic E-state index is 0. The molecule has 0 radical (unpaired) electrons. The molecule has 0 unspecified atom stereocenters. The SMILES string of the molecule is Cc1nc(CN2CCC(CNC(=O)c3ccc(CN)cc3)CC2)oc1C.Cl. The summed E-state index contributed by atoms with van der Waals surface area (Å²) in [7, 11) is 0. The molecule has 2 heterocycles. The van der Waals surface area contributed by atoms with Crippen molar-refractivity contribution in [1.29, 1.82) is 0 Å². The smallest absolute Gasteiger partial charge is 0.251 e. The Morgan fingerprint density at radius 1 is 1.26 bits per heavy atom. The fourth-order valence-electron chi connectivity index (χ4n) is 3.28. The molecule has 1 aliphatic heterocycles. The number of piperidine rings is 1. The van der Waals surface area contributed by atoms with Gasteiger partial charge in [0.25, 0.3) is 5.91 Å². The number of rotatable bonds is 6. The van der Waals surface area contributed by atoms with Crippen molar-refractivity contribution in [3.05, 3.63) is 52.7 Å². The molecule has 1 amide bonds. The third-order valence-electron chi connectivity index (χ3n) is 5.14. The number of nitrogens with zero attached hydrogens (tertiary/aromatic N) is 2. The van der Waals surface area contributed by atoms with E-state index in [2.05, 4.69) is 15.2 Å². The average Bonchev–Trinajstić information content (AvgIpc) is 2.98. The molecule has 1 aromatic heterocycles. The first-order valence-corrected chi connectivity index (χ1v) is 9.27. The van der Waals surface area contributed by atoms with Crippen molar-refractivity contribution in [2.24, 2.45) is 11.7 Å². The number of nitrogens with two attached hydrogens (primary N) is 1. The highest BCUT2D eigenvalue weighted by Crippen LogP contribution is 2.19. The van der Waals surface area contributed by atoms with Gasteiger partial charge in [-0.05, 0) is 63.4 Å². The van der Waals surface area contributed by atoms with Crippen molar-refractivity contribution < 1.29 is 9.21 Å². The van der Waals surface area contributed by atoms with E-state index in [1.165, 1.54) is 0 Å². The summed E-state index contributed by atoms with van der Waals surface area (Å²) < 4.78 is 5.67. The number of hydrogen-bond donors (Lipinski definition) is 2. The van der Waals surface area contributed by atoms with Gasteiger partial charge in [-0.25, -0.2) is 4.98 Å². The molecule has 3 N–H and O–H groups in total. The molecule has 0 atom stereocenters. The second-order valence-electron chi connectivity index (χ2n) is 7.08. The zero-order valence-electron chi connectivity index (χ0n) is 16.0. The second kappa shape index (κ2) is 9.88. The monoisotopic (exact) mass is 392 g/mol. The number of hydrogen-bond acceptors (Lipinski definition) is 5. The number of benzene rings is 1. The number of halogens is 1. The number of likely N-dealkylation sites (tertiary alicyclic amines) is 1. The molecular formula is C20H29ClN4O2. The first-order chi connectivity index (χ1) is 12.5. The third-order valence-corrected chi connectivity index (χ3v) is 5.14. The largest absolute Gasteiger partial charge is 0.444 e. The van der Waals surface area contributed by atoms with E-state index >= 15 is 0 Å². The highest BCUT2D eigenvalue weighted by atomic mass is 35.5. The van der Waals surface area contributed by atoms with Crippen LogP contribution in [0, 0.1) is 19.8 Å². The molecule has 0 spiro atoms. The van der Waals surface area contributed by atoms with Crippen molar-refractivity contribution >= 4 is 18.3 Å². The standard InChI is InChI=1S/C20H28N4O2.ClH/c1-14-15(2)26-19(23-14)13-24-9-7-17(8-10-24)12-22-20(25)18-5-3-16(11-21)4-6-18;/h3-6,17H,7-13,21H2,1-2H3,(H,22,25);1H. The van der Waals surface area contributed by atoms with Crippen LogP contribution in [0.4, 0.5) is 0 Å². The Morgan fingerprint density at radius 2 is 1.93 bits per heavy atom. The van der Waals surface area contributed by atoms with Crippen molar-refractivity contribution in [1.82, 2.24) is 15.2 Å². The maximum atomic E-state index is 12.3. The molecule has 0 saturated carbocycles. The maximum Gasteiger partial charge on any atom is 0.251 e. The minimum Gasteiger partial charge on any atom is -0.444 e. The first-order valence-electron chi connectivity index (χ1n) is 9.27. The Hall–Kier alpha value is -1.89. The molecule has 1 fully saturated rings. The Labute approximate surface area is 166 Å². The lowest BCUT2D eigenvalue weighted by molar-refractivity contribution is 0.0934. The summed E-state index contributed by atoms with van der Waals surface area (Å²) in [5.74, 6) is 2.21. The van der Waals surface area contributed by atoms with Gasteiger partial charge in [-0.15, -0.1) is 12.4 Å². The van der Waals surface area contributed by atoms with Crippen LogP contribution in [0.1, 0.15) is 46.1 Å². The molecule has 7 heteroatoms. The van der Waals surface area contributed by atoms with Gasteiger partial charge in [0.05, 0.1) is 12.2 Å². The molecule has 0 aliphatic carbocycles. The Bertz CT molecular complexity index is 717. The zero-order chi connectivity index (χ0) is 18.5. The van der Waals surface area contributed by atoms with Gasteiger partial charge >= 0.3 is 0 Å². The number of carbonyl (C=O) groups is 1. The van der Waals surface area contributed by atoms with Gasteiger partial charge in [0.2, 0.25) is 5.89 Å². The van der Waals surface area contributed by atoms with Crippen LogP contribution in [0.2, 0.25) is 0 Å². The maximum absolute atomic E-state index is 12.3. The molecular weight excluding hydrogens is 364 g/mol. The average molecular weight is 393 g/mol. The normalized spacial score (nSPS) is 15.4. The summed E-state index contributed by atoms with van der Waals surface area (Å²) in [6, 6.07) is 7.47. The fourth-order valence-corrected chi connectivity index (χ4v) is 3.28. The fraction of sp³-hybridized carbons (Fsp3) is 0.500. The van der Waals surface area contributed by atoms with Crippen molar-refractivity contribution in [2.75, 3.05) is 19.6 Å². The Morgan fingerprint density at radius 3 is 2.48 bits per heavy atom. The van der Waals surface area contributed by atoms with E-state index in [4.69, 9.17) is 10.2 Å². The van der Waals surface area contributed by atoms with Crippen molar-refractivity contribution in [3.8, 4) is 0 Å². The zero-order valence-corrected chi connectivity index (χ0v) is 16.8. The quantitative estimate of drug-likeness (QED) is 0.789. The van der Waals surface area contributed by atoms with Crippen LogP contribution in [0.25, 0.3) is 0 Å². The predicted molar refractivity (Wildman–Crippen MR) is 108 cm³/mol. The third kappa shape index (κ3) is 5.79. The summed E-state index contributed by atoms with van der Waals surface area (Å²) in [4.78, 5) is 19.1. The van der Waals surface area contributed by atoms with E-state index in [1.54, 1.807) is 0 Å². The summed E-state index contributed by atoms with van der Waals surface area (Å²) in [5, 5.41) is 3.06. The van der Waals surface area contributed by atoms with E-state index in [1.807, 2.05) is 38.1 Å². The molecule has 27 heavy (non-hydrogen) atoms. The van der Waals surface area contributed by atoms with E-state index in [0.29, 0.717) is 18.0 Å². The highest BCUT2D eigenvalue weighted by molar-refractivity contribution is 5.94. The van der Waals surface area contributed by atoms with Gasteiger partial charge in [-0.1, -0.05) is 12.1 Å². The van der Waals surface area contributed by atoms with Crippen LogP contribution in [-0.4, -0.2) is 35.4 Å². The predicted octanol–water partition coefficient (Wildman–Crippen LogP) is 2.81.